The van der Waals surface area contributed by atoms with Gasteiger partial charge in [0.25, 0.3) is 0 Å². The molecule has 2 aliphatic rings. The monoisotopic (exact) mass is 418 g/mol. The molecular formula is C22H26O8. The van der Waals surface area contributed by atoms with Crippen molar-refractivity contribution in [3.05, 3.63) is 41.0 Å². The molecule has 0 fully saturated rings. The van der Waals surface area contributed by atoms with E-state index in [2.05, 4.69) is 0 Å². The average molecular weight is 418 g/mol. The lowest BCUT2D eigenvalue weighted by Crippen LogP contribution is -2.38. The van der Waals surface area contributed by atoms with Gasteiger partial charge in [-0.1, -0.05) is 0 Å². The van der Waals surface area contributed by atoms with Crippen LogP contribution < -0.4 is 23.7 Å². The Balaban J connectivity index is 1.95. The summed E-state index contributed by atoms with van der Waals surface area (Å²) < 4.78 is 27.5. The summed E-state index contributed by atoms with van der Waals surface area (Å²) in [5.41, 5.74) is 2.24. The van der Waals surface area contributed by atoms with E-state index in [4.69, 9.17) is 23.7 Å². The van der Waals surface area contributed by atoms with Crippen LogP contribution in [0.2, 0.25) is 0 Å². The highest BCUT2D eigenvalue weighted by molar-refractivity contribution is 5.59. The van der Waals surface area contributed by atoms with Gasteiger partial charge in [0.1, 0.15) is 0 Å². The number of ether oxygens (including phenoxy) is 5. The molecule has 8 nitrogen and oxygen atoms in total. The van der Waals surface area contributed by atoms with E-state index in [1.165, 1.54) is 21.3 Å². The normalized spacial score (nSPS) is 24.3. The minimum absolute atomic E-state index is 0.107. The zero-order valence-electron chi connectivity index (χ0n) is 17.1. The largest absolute Gasteiger partial charge is 0.493 e. The molecule has 1 aliphatic carbocycles. The van der Waals surface area contributed by atoms with Crippen LogP contribution in [0.3, 0.4) is 0 Å². The standard InChI is InChI=1S/C22H26O8/c1-26-18-4-11(5-19(27-2)22(18)28-3)20-12-6-16-17(30-10-29-16)7-13(12)21(25)15(9-24)14(20)8-23/h4-7,14-15,20-21,23-25H,8-10H2,1-3H3. The van der Waals surface area contributed by atoms with Gasteiger partial charge in [-0.2, -0.15) is 0 Å². The third-order valence-electron chi connectivity index (χ3n) is 6.08. The minimum Gasteiger partial charge on any atom is -0.493 e. The van der Waals surface area contributed by atoms with Crippen molar-refractivity contribution >= 4 is 0 Å². The number of benzene rings is 2. The number of fused-ring (bicyclic) bond motifs is 2. The van der Waals surface area contributed by atoms with Crippen molar-refractivity contribution in [3.63, 3.8) is 0 Å². The number of aliphatic hydroxyl groups is 3. The van der Waals surface area contributed by atoms with Gasteiger partial charge in [-0.3, -0.25) is 0 Å². The van der Waals surface area contributed by atoms with E-state index >= 15 is 0 Å². The van der Waals surface area contributed by atoms with Crippen molar-refractivity contribution in [2.24, 2.45) is 11.8 Å². The molecule has 0 aromatic heterocycles. The van der Waals surface area contributed by atoms with E-state index in [1.54, 1.807) is 6.07 Å². The van der Waals surface area contributed by atoms with Gasteiger partial charge >= 0.3 is 0 Å². The molecule has 4 atom stereocenters. The van der Waals surface area contributed by atoms with Crippen LogP contribution >= 0.6 is 0 Å². The predicted octanol–water partition coefficient (Wildman–Crippen LogP) is 1.84. The second-order valence-corrected chi connectivity index (χ2v) is 7.41. The SMILES string of the molecule is COc1cc(C2c3cc4c(cc3C(O)C(CO)C2CO)OCO4)cc(OC)c1OC. The first-order valence-electron chi connectivity index (χ1n) is 9.71. The molecule has 0 amide bonds. The van der Waals surface area contributed by atoms with Crippen LogP contribution in [-0.2, 0) is 0 Å². The Bertz CT molecular complexity index is 903. The van der Waals surface area contributed by atoms with Crippen molar-refractivity contribution < 1.29 is 39.0 Å². The molecular weight excluding hydrogens is 392 g/mol. The molecule has 0 saturated heterocycles. The quantitative estimate of drug-likeness (QED) is 0.653. The second kappa shape index (κ2) is 8.22. The van der Waals surface area contributed by atoms with Crippen LogP contribution in [-0.4, -0.2) is 56.7 Å². The summed E-state index contributed by atoms with van der Waals surface area (Å²) in [4.78, 5) is 0. The Morgan fingerprint density at radius 3 is 1.90 bits per heavy atom. The van der Waals surface area contributed by atoms with Gasteiger partial charge in [0, 0.05) is 31.0 Å². The molecule has 1 heterocycles. The topological polar surface area (TPSA) is 107 Å². The third-order valence-corrected chi connectivity index (χ3v) is 6.08. The molecule has 0 spiro atoms. The summed E-state index contributed by atoms with van der Waals surface area (Å²) in [6.45, 7) is -0.394. The van der Waals surface area contributed by atoms with E-state index in [-0.39, 0.29) is 25.9 Å². The molecule has 2 aromatic carbocycles. The fourth-order valence-electron chi connectivity index (χ4n) is 4.63. The summed E-state index contributed by atoms with van der Waals surface area (Å²) in [6.07, 6.45) is -0.949. The lowest BCUT2D eigenvalue weighted by Gasteiger charge is -2.41. The molecule has 0 radical (unpaired) electrons. The van der Waals surface area contributed by atoms with Crippen LogP contribution in [0.1, 0.15) is 28.7 Å². The van der Waals surface area contributed by atoms with Gasteiger partial charge in [-0.25, -0.2) is 0 Å². The smallest absolute Gasteiger partial charge is 0.231 e. The van der Waals surface area contributed by atoms with Gasteiger partial charge < -0.3 is 39.0 Å². The molecule has 0 saturated carbocycles. The number of methoxy groups -OCH3 is 3. The van der Waals surface area contributed by atoms with Crippen molar-refractivity contribution in [2.75, 3.05) is 41.3 Å². The van der Waals surface area contributed by atoms with E-state index in [9.17, 15) is 15.3 Å². The van der Waals surface area contributed by atoms with E-state index in [0.717, 1.165) is 11.1 Å². The maximum Gasteiger partial charge on any atom is 0.231 e. The molecule has 4 unspecified atom stereocenters. The van der Waals surface area contributed by atoms with Crippen molar-refractivity contribution in [2.45, 2.75) is 12.0 Å². The zero-order valence-corrected chi connectivity index (χ0v) is 17.1. The summed E-state index contributed by atoms with van der Waals surface area (Å²) >= 11 is 0. The van der Waals surface area contributed by atoms with Crippen molar-refractivity contribution in [1.29, 1.82) is 0 Å². The minimum atomic E-state index is -0.949. The molecule has 3 N–H and O–H groups in total. The Kier molecular flexibility index (Phi) is 5.64. The molecule has 4 rings (SSSR count). The number of aliphatic hydroxyl groups excluding tert-OH is 3. The molecule has 0 bridgehead atoms. The van der Waals surface area contributed by atoms with Gasteiger partial charge in [0.05, 0.1) is 27.4 Å². The highest BCUT2D eigenvalue weighted by Gasteiger charge is 2.44. The highest BCUT2D eigenvalue weighted by atomic mass is 16.7. The zero-order chi connectivity index (χ0) is 21.4. The number of hydrogen-bond acceptors (Lipinski definition) is 8. The van der Waals surface area contributed by atoms with Gasteiger partial charge in [0.2, 0.25) is 12.5 Å². The predicted molar refractivity (Wildman–Crippen MR) is 107 cm³/mol. The summed E-state index contributed by atoms with van der Waals surface area (Å²) in [7, 11) is 4.61. The summed E-state index contributed by atoms with van der Waals surface area (Å²) in [5, 5.41) is 31.2. The highest BCUT2D eigenvalue weighted by Crippen LogP contribution is 2.53. The lowest BCUT2D eigenvalue weighted by atomic mass is 9.65. The lowest BCUT2D eigenvalue weighted by molar-refractivity contribution is -0.00425. The molecule has 1 aliphatic heterocycles. The van der Waals surface area contributed by atoms with Crippen LogP contribution in [0, 0.1) is 11.8 Å². The average Bonchev–Trinajstić information content (AvgIpc) is 3.24. The van der Waals surface area contributed by atoms with Crippen LogP contribution in [0.4, 0.5) is 0 Å². The summed E-state index contributed by atoms with van der Waals surface area (Å²) in [6, 6.07) is 7.25. The van der Waals surface area contributed by atoms with Gasteiger partial charge in [-0.05, 0) is 41.0 Å². The second-order valence-electron chi connectivity index (χ2n) is 7.41. The fraction of sp³-hybridized carbons (Fsp3) is 0.455. The Labute approximate surface area is 174 Å². The maximum absolute atomic E-state index is 11.0. The van der Waals surface area contributed by atoms with E-state index in [1.807, 2.05) is 18.2 Å². The first-order chi connectivity index (χ1) is 14.6. The van der Waals surface area contributed by atoms with E-state index in [0.29, 0.717) is 34.3 Å². The van der Waals surface area contributed by atoms with Crippen LogP contribution in [0.5, 0.6) is 28.7 Å². The molecule has 2 aromatic rings. The fourth-order valence-corrected chi connectivity index (χ4v) is 4.63. The first kappa shape index (κ1) is 20.6. The third kappa shape index (κ3) is 3.12. The van der Waals surface area contributed by atoms with Crippen molar-refractivity contribution in [3.8, 4) is 28.7 Å². The van der Waals surface area contributed by atoms with Crippen LogP contribution in [0.25, 0.3) is 0 Å². The van der Waals surface area contributed by atoms with E-state index < -0.39 is 17.9 Å². The summed E-state index contributed by atoms with van der Waals surface area (Å²) in [5.74, 6) is 1.20. The molecule has 30 heavy (non-hydrogen) atoms. The molecule has 8 heteroatoms. The maximum atomic E-state index is 11.0. The Hall–Kier alpha value is -2.68. The first-order valence-corrected chi connectivity index (χ1v) is 9.71. The van der Waals surface area contributed by atoms with Gasteiger partial charge in [-0.15, -0.1) is 0 Å². The van der Waals surface area contributed by atoms with Crippen LogP contribution in [0.15, 0.2) is 24.3 Å². The van der Waals surface area contributed by atoms with Gasteiger partial charge in [0.15, 0.2) is 23.0 Å². The Morgan fingerprint density at radius 2 is 1.40 bits per heavy atom. The number of rotatable bonds is 6. The van der Waals surface area contributed by atoms with Crippen molar-refractivity contribution in [1.82, 2.24) is 0 Å². The molecule has 162 valence electrons. The Morgan fingerprint density at radius 1 is 0.833 bits per heavy atom. The number of hydrogen-bond donors (Lipinski definition) is 3.